The highest BCUT2D eigenvalue weighted by Crippen LogP contribution is 2.43. The van der Waals surface area contributed by atoms with Crippen molar-refractivity contribution < 1.29 is 4.74 Å². The molecule has 0 spiro atoms. The molecular formula is C17H33NO. The molecule has 0 amide bonds. The maximum Gasteiger partial charge on any atom is 0.0837 e. The Bertz CT molecular complexity index is 260. The van der Waals surface area contributed by atoms with Crippen LogP contribution in [0.1, 0.15) is 71.6 Å². The van der Waals surface area contributed by atoms with Crippen LogP contribution >= 0.6 is 0 Å². The first-order valence-electron chi connectivity index (χ1n) is 8.57. The maximum atomic E-state index is 6.30. The Morgan fingerprint density at radius 1 is 1.16 bits per heavy atom. The molecular weight excluding hydrogens is 234 g/mol. The fourth-order valence-corrected chi connectivity index (χ4v) is 4.74. The molecule has 0 aliphatic heterocycles. The van der Waals surface area contributed by atoms with E-state index in [1.54, 1.807) is 0 Å². The summed E-state index contributed by atoms with van der Waals surface area (Å²) in [7, 11) is 2.15. The molecule has 0 radical (unpaired) electrons. The summed E-state index contributed by atoms with van der Waals surface area (Å²) >= 11 is 0. The fourth-order valence-electron chi connectivity index (χ4n) is 4.74. The largest absolute Gasteiger partial charge is 0.374 e. The molecule has 0 aromatic heterocycles. The first-order valence-corrected chi connectivity index (χ1v) is 8.57. The molecule has 2 nitrogen and oxygen atoms in total. The second-order valence-corrected chi connectivity index (χ2v) is 6.67. The van der Waals surface area contributed by atoms with E-state index in [4.69, 9.17) is 4.74 Å². The van der Waals surface area contributed by atoms with Gasteiger partial charge in [-0.1, -0.05) is 39.0 Å². The molecule has 2 saturated carbocycles. The summed E-state index contributed by atoms with van der Waals surface area (Å²) in [6, 6.07) is 0.573. The molecule has 0 saturated heterocycles. The predicted molar refractivity (Wildman–Crippen MR) is 81.4 cm³/mol. The number of likely N-dealkylation sites (N-methyl/N-ethyl adjacent to an activating group) is 1. The van der Waals surface area contributed by atoms with Crippen LogP contribution in [0.15, 0.2) is 0 Å². The first kappa shape index (κ1) is 15.3. The topological polar surface area (TPSA) is 21.3 Å². The quantitative estimate of drug-likeness (QED) is 0.781. The van der Waals surface area contributed by atoms with Crippen LogP contribution in [-0.4, -0.2) is 25.3 Å². The number of nitrogens with one attached hydrogen (secondary N) is 1. The lowest BCUT2D eigenvalue weighted by atomic mass is 9.71. The van der Waals surface area contributed by atoms with Crippen molar-refractivity contribution in [2.24, 2.45) is 11.8 Å². The smallest absolute Gasteiger partial charge is 0.0837 e. The number of hydrogen-bond donors (Lipinski definition) is 1. The van der Waals surface area contributed by atoms with Gasteiger partial charge in [0.1, 0.15) is 0 Å². The van der Waals surface area contributed by atoms with Crippen molar-refractivity contribution in [3.8, 4) is 0 Å². The van der Waals surface area contributed by atoms with Crippen molar-refractivity contribution >= 4 is 0 Å². The van der Waals surface area contributed by atoms with Crippen LogP contribution in [-0.2, 0) is 4.74 Å². The third-order valence-electron chi connectivity index (χ3n) is 5.63. The van der Waals surface area contributed by atoms with E-state index in [1.807, 2.05) is 0 Å². The zero-order valence-corrected chi connectivity index (χ0v) is 13.2. The van der Waals surface area contributed by atoms with Crippen molar-refractivity contribution in [1.29, 1.82) is 0 Å². The number of rotatable bonds is 6. The molecule has 2 aliphatic carbocycles. The molecule has 2 rings (SSSR count). The molecule has 2 aliphatic rings. The molecule has 19 heavy (non-hydrogen) atoms. The zero-order valence-electron chi connectivity index (χ0n) is 13.2. The summed E-state index contributed by atoms with van der Waals surface area (Å²) in [5.41, 5.74) is 0.143. The van der Waals surface area contributed by atoms with Gasteiger partial charge in [-0.25, -0.2) is 0 Å². The minimum absolute atomic E-state index is 0.143. The molecule has 3 unspecified atom stereocenters. The normalized spacial score (nSPS) is 32.4. The summed E-state index contributed by atoms with van der Waals surface area (Å²) in [5.74, 6) is 1.78. The van der Waals surface area contributed by atoms with Crippen molar-refractivity contribution in [2.75, 3.05) is 13.7 Å². The Balaban J connectivity index is 2.08. The van der Waals surface area contributed by atoms with Crippen molar-refractivity contribution in [1.82, 2.24) is 5.32 Å². The number of hydrogen-bond acceptors (Lipinski definition) is 2. The zero-order chi connectivity index (χ0) is 13.7. The molecule has 112 valence electrons. The van der Waals surface area contributed by atoms with Crippen LogP contribution in [0, 0.1) is 11.8 Å². The Kier molecular flexibility index (Phi) is 5.70. The average Bonchev–Trinajstić information content (AvgIpc) is 2.90. The van der Waals surface area contributed by atoms with E-state index >= 15 is 0 Å². The van der Waals surface area contributed by atoms with Gasteiger partial charge in [0.15, 0.2) is 0 Å². The van der Waals surface area contributed by atoms with Crippen LogP contribution in [0.3, 0.4) is 0 Å². The van der Waals surface area contributed by atoms with Crippen molar-refractivity contribution in [3.63, 3.8) is 0 Å². The summed E-state index contributed by atoms with van der Waals surface area (Å²) in [6.45, 7) is 5.37. The Morgan fingerprint density at radius 3 is 2.47 bits per heavy atom. The third kappa shape index (κ3) is 3.33. The van der Waals surface area contributed by atoms with Gasteiger partial charge in [-0.3, -0.25) is 0 Å². The lowest BCUT2D eigenvalue weighted by Crippen LogP contribution is -2.54. The lowest BCUT2D eigenvalue weighted by Gasteiger charge is -2.44. The van der Waals surface area contributed by atoms with E-state index in [2.05, 4.69) is 26.2 Å². The van der Waals surface area contributed by atoms with Crippen molar-refractivity contribution in [3.05, 3.63) is 0 Å². The van der Waals surface area contributed by atoms with Crippen LogP contribution in [0.5, 0.6) is 0 Å². The molecule has 1 N–H and O–H groups in total. The molecule has 2 heteroatoms. The minimum atomic E-state index is 0.143. The number of ether oxygens (including phenoxy) is 1. The highest BCUT2D eigenvalue weighted by molar-refractivity contribution is 5.00. The molecule has 3 atom stereocenters. The van der Waals surface area contributed by atoms with Crippen LogP contribution < -0.4 is 5.32 Å². The van der Waals surface area contributed by atoms with Crippen LogP contribution in [0.2, 0.25) is 0 Å². The SMILES string of the molecule is CCOC1(C(NC)C2CCCC(CC)C2)CCCC1. The van der Waals surface area contributed by atoms with E-state index in [0.717, 1.165) is 18.4 Å². The summed E-state index contributed by atoms with van der Waals surface area (Å²) in [6.07, 6.45) is 12.3. The monoisotopic (exact) mass is 267 g/mol. The van der Waals surface area contributed by atoms with E-state index in [9.17, 15) is 0 Å². The van der Waals surface area contributed by atoms with E-state index in [0.29, 0.717) is 6.04 Å². The van der Waals surface area contributed by atoms with Crippen LogP contribution in [0.25, 0.3) is 0 Å². The van der Waals surface area contributed by atoms with E-state index in [-0.39, 0.29) is 5.60 Å². The van der Waals surface area contributed by atoms with Gasteiger partial charge in [-0.15, -0.1) is 0 Å². The standard InChI is InChI=1S/C17H33NO/c1-4-14-9-8-10-15(13-14)16(18-3)17(19-5-2)11-6-7-12-17/h14-16,18H,4-13H2,1-3H3. The fraction of sp³-hybridized carbons (Fsp3) is 1.00. The van der Waals surface area contributed by atoms with E-state index in [1.165, 1.54) is 57.8 Å². The highest BCUT2D eigenvalue weighted by atomic mass is 16.5. The maximum absolute atomic E-state index is 6.30. The molecule has 0 bridgehead atoms. The molecule has 0 aromatic rings. The third-order valence-corrected chi connectivity index (χ3v) is 5.63. The van der Waals surface area contributed by atoms with Gasteiger partial charge in [0.25, 0.3) is 0 Å². The van der Waals surface area contributed by atoms with Gasteiger partial charge >= 0.3 is 0 Å². The van der Waals surface area contributed by atoms with Crippen molar-refractivity contribution in [2.45, 2.75) is 83.3 Å². The average molecular weight is 267 g/mol. The predicted octanol–water partition coefficient (Wildman–Crippen LogP) is 4.14. The van der Waals surface area contributed by atoms with Gasteiger partial charge in [0.2, 0.25) is 0 Å². The molecule has 2 fully saturated rings. The second-order valence-electron chi connectivity index (χ2n) is 6.67. The minimum Gasteiger partial charge on any atom is -0.374 e. The van der Waals surface area contributed by atoms with Gasteiger partial charge in [0, 0.05) is 12.6 Å². The Morgan fingerprint density at radius 2 is 1.89 bits per heavy atom. The van der Waals surface area contributed by atoms with Gasteiger partial charge in [-0.05, 0) is 51.5 Å². The summed E-state index contributed by atoms with van der Waals surface area (Å²) in [5, 5.41) is 3.66. The van der Waals surface area contributed by atoms with Gasteiger partial charge in [-0.2, -0.15) is 0 Å². The summed E-state index contributed by atoms with van der Waals surface area (Å²) in [4.78, 5) is 0. The lowest BCUT2D eigenvalue weighted by molar-refractivity contribution is -0.0793. The molecule has 0 aromatic carbocycles. The highest BCUT2D eigenvalue weighted by Gasteiger charge is 2.45. The second kappa shape index (κ2) is 7.08. The molecule has 0 heterocycles. The Labute approximate surface area is 119 Å². The van der Waals surface area contributed by atoms with E-state index < -0.39 is 0 Å². The van der Waals surface area contributed by atoms with Gasteiger partial charge < -0.3 is 10.1 Å². The first-order chi connectivity index (χ1) is 9.25. The summed E-state index contributed by atoms with van der Waals surface area (Å²) < 4.78 is 6.30. The Hall–Kier alpha value is -0.0800. The van der Waals surface area contributed by atoms with Gasteiger partial charge in [0.05, 0.1) is 5.60 Å². The van der Waals surface area contributed by atoms with Crippen LogP contribution in [0.4, 0.5) is 0 Å².